The van der Waals surface area contributed by atoms with Crippen LogP contribution in [0.5, 0.6) is 0 Å². The molecule has 1 saturated carbocycles. The molecule has 4 heteroatoms. The molecule has 20 heavy (non-hydrogen) atoms. The fraction of sp³-hybridized carbons (Fsp3) is 0.875. The summed E-state index contributed by atoms with van der Waals surface area (Å²) in [5, 5.41) is 0. The molecule has 4 nitrogen and oxygen atoms in total. The van der Waals surface area contributed by atoms with Gasteiger partial charge < -0.3 is 9.64 Å². The number of hydrogen-bond donors (Lipinski definition) is 0. The number of rotatable bonds is 4. The number of nitrogens with zero attached hydrogens (tertiary/aromatic N) is 1. The van der Waals surface area contributed by atoms with Gasteiger partial charge in [0.25, 0.3) is 0 Å². The Kier molecular flexibility index (Phi) is 4.84. The first-order valence-electron chi connectivity index (χ1n) is 7.82. The summed E-state index contributed by atoms with van der Waals surface area (Å²) in [7, 11) is 1.64. The lowest BCUT2D eigenvalue weighted by Crippen LogP contribution is -2.50. The topological polar surface area (TPSA) is 46.6 Å². The van der Waals surface area contributed by atoms with Crippen molar-refractivity contribution in [3.05, 3.63) is 0 Å². The lowest BCUT2D eigenvalue weighted by molar-refractivity contribution is -0.142. The van der Waals surface area contributed by atoms with E-state index < -0.39 is 5.60 Å². The molecule has 0 bridgehead atoms. The van der Waals surface area contributed by atoms with E-state index in [-0.39, 0.29) is 17.9 Å². The van der Waals surface area contributed by atoms with Crippen molar-refractivity contribution in [3.8, 4) is 0 Å². The van der Waals surface area contributed by atoms with E-state index in [0.29, 0.717) is 18.6 Å². The van der Waals surface area contributed by atoms with E-state index in [4.69, 9.17) is 4.74 Å². The van der Waals surface area contributed by atoms with E-state index in [1.54, 1.807) is 7.11 Å². The molecular weight excluding hydrogens is 254 g/mol. The highest BCUT2D eigenvalue weighted by molar-refractivity contribution is 5.85. The Morgan fingerprint density at radius 2 is 2.05 bits per heavy atom. The number of methoxy groups -OCH3 is 1. The van der Waals surface area contributed by atoms with Crippen LogP contribution < -0.4 is 0 Å². The summed E-state index contributed by atoms with van der Waals surface area (Å²) in [6.07, 6.45) is 6.21. The van der Waals surface area contributed by atoms with Crippen molar-refractivity contribution in [2.45, 2.75) is 70.4 Å². The number of ether oxygens (including phenoxy) is 1. The molecule has 2 atom stereocenters. The van der Waals surface area contributed by atoms with E-state index in [1.807, 2.05) is 18.7 Å². The van der Waals surface area contributed by atoms with Gasteiger partial charge in [0, 0.05) is 32.0 Å². The highest BCUT2D eigenvalue weighted by Gasteiger charge is 2.39. The van der Waals surface area contributed by atoms with Crippen molar-refractivity contribution in [2.75, 3.05) is 13.7 Å². The molecule has 1 heterocycles. The van der Waals surface area contributed by atoms with Crippen molar-refractivity contribution >= 4 is 11.7 Å². The highest BCUT2D eigenvalue weighted by Crippen LogP contribution is 2.33. The van der Waals surface area contributed by atoms with Crippen molar-refractivity contribution in [1.82, 2.24) is 4.90 Å². The minimum atomic E-state index is -0.432. The number of carbonyl (C=O) groups is 2. The molecular formula is C16H27NO3. The third kappa shape index (κ3) is 3.40. The van der Waals surface area contributed by atoms with Crippen LogP contribution in [0.1, 0.15) is 58.8 Å². The number of Topliss-reactive ketones (excluding diaryl/α,β-unsaturated/α-hetero) is 1. The molecule has 0 radical (unpaired) electrons. The van der Waals surface area contributed by atoms with Crippen LogP contribution in [0.4, 0.5) is 0 Å². The van der Waals surface area contributed by atoms with Crippen molar-refractivity contribution in [1.29, 1.82) is 0 Å². The second-order valence-corrected chi connectivity index (χ2v) is 6.76. The number of amides is 1. The molecule has 0 N–H and O–H groups in total. The largest absolute Gasteiger partial charge is 0.378 e. The molecule has 1 aliphatic carbocycles. The first-order valence-corrected chi connectivity index (χ1v) is 7.82. The van der Waals surface area contributed by atoms with Gasteiger partial charge in [-0.05, 0) is 46.0 Å². The Labute approximate surface area is 121 Å². The van der Waals surface area contributed by atoms with Crippen LogP contribution in [-0.2, 0) is 14.3 Å². The predicted octanol–water partition coefficient (Wildman–Crippen LogP) is 2.55. The number of ketones is 1. The lowest BCUT2D eigenvalue weighted by Gasteiger charge is -2.40. The van der Waals surface area contributed by atoms with Gasteiger partial charge in [0.2, 0.25) is 5.91 Å². The van der Waals surface area contributed by atoms with E-state index in [9.17, 15) is 9.59 Å². The van der Waals surface area contributed by atoms with E-state index in [2.05, 4.69) is 0 Å². The van der Waals surface area contributed by atoms with Crippen molar-refractivity contribution < 1.29 is 14.3 Å². The zero-order chi connectivity index (χ0) is 14.8. The molecule has 0 aromatic carbocycles. The zero-order valence-corrected chi connectivity index (χ0v) is 13.0. The fourth-order valence-electron chi connectivity index (χ4n) is 3.47. The van der Waals surface area contributed by atoms with Gasteiger partial charge in [0.15, 0.2) is 0 Å². The zero-order valence-electron chi connectivity index (χ0n) is 13.0. The van der Waals surface area contributed by atoms with Crippen LogP contribution in [0, 0.1) is 5.92 Å². The summed E-state index contributed by atoms with van der Waals surface area (Å²) in [6, 6.07) is 0.138. The van der Waals surface area contributed by atoms with Gasteiger partial charge in [0.1, 0.15) is 5.78 Å². The standard InChI is InChI=1S/C16H27NO3/c1-16(2,20-3)11-15(19)17-10-5-4-8-13(17)12-7-6-9-14(12)18/h12-13H,4-11H2,1-3H3. The molecule has 1 saturated heterocycles. The SMILES string of the molecule is COC(C)(C)CC(=O)N1CCCCC1C1CCCC1=O. The first-order chi connectivity index (χ1) is 9.44. The van der Waals surface area contributed by atoms with Crippen LogP contribution in [0.2, 0.25) is 0 Å². The molecule has 2 fully saturated rings. The molecule has 114 valence electrons. The third-order valence-electron chi connectivity index (χ3n) is 4.82. The smallest absolute Gasteiger partial charge is 0.225 e. The fourth-order valence-corrected chi connectivity index (χ4v) is 3.47. The Bertz CT molecular complexity index is 378. The summed E-state index contributed by atoms with van der Waals surface area (Å²) in [5.41, 5.74) is -0.432. The second kappa shape index (κ2) is 6.25. The first kappa shape index (κ1) is 15.5. The van der Waals surface area contributed by atoms with Gasteiger partial charge in [-0.3, -0.25) is 9.59 Å². The van der Waals surface area contributed by atoms with Gasteiger partial charge >= 0.3 is 0 Å². The van der Waals surface area contributed by atoms with Gasteiger partial charge in [-0.1, -0.05) is 0 Å². The van der Waals surface area contributed by atoms with Gasteiger partial charge in [-0.15, -0.1) is 0 Å². The molecule has 1 amide bonds. The quantitative estimate of drug-likeness (QED) is 0.795. The van der Waals surface area contributed by atoms with Gasteiger partial charge in [0.05, 0.1) is 12.0 Å². The average Bonchev–Trinajstić information content (AvgIpc) is 2.84. The molecule has 0 spiro atoms. The van der Waals surface area contributed by atoms with Crippen LogP contribution in [0.15, 0.2) is 0 Å². The summed E-state index contributed by atoms with van der Waals surface area (Å²) < 4.78 is 5.37. The number of piperidine rings is 1. The van der Waals surface area contributed by atoms with Crippen molar-refractivity contribution in [2.24, 2.45) is 5.92 Å². The molecule has 2 unspecified atom stereocenters. The summed E-state index contributed by atoms with van der Waals surface area (Å²) in [5.74, 6) is 0.590. The summed E-state index contributed by atoms with van der Waals surface area (Å²) in [6.45, 7) is 4.67. The normalized spacial score (nSPS) is 27.9. The highest BCUT2D eigenvalue weighted by atomic mass is 16.5. The summed E-state index contributed by atoms with van der Waals surface area (Å²) >= 11 is 0. The minimum absolute atomic E-state index is 0.0879. The Morgan fingerprint density at radius 3 is 2.65 bits per heavy atom. The minimum Gasteiger partial charge on any atom is -0.378 e. The molecule has 2 aliphatic rings. The maximum atomic E-state index is 12.6. The Hall–Kier alpha value is -0.900. The van der Waals surface area contributed by atoms with Gasteiger partial charge in [-0.2, -0.15) is 0 Å². The number of hydrogen-bond acceptors (Lipinski definition) is 3. The molecule has 1 aliphatic heterocycles. The lowest BCUT2D eigenvalue weighted by atomic mass is 9.87. The average molecular weight is 281 g/mol. The van der Waals surface area contributed by atoms with Crippen LogP contribution >= 0.6 is 0 Å². The molecule has 0 aromatic rings. The predicted molar refractivity (Wildman–Crippen MR) is 77.4 cm³/mol. The molecule has 0 aromatic heterocycles. The van der Waals surface area contributed by atoms with Crippen LogP contribution in [0.3, 0.4) is 0 Å². The van der Waals surface area contributed by atoms with Crippen LogP contribution in [-0.4, -0.2) is 41.9 Å². The monoisotopic (exact) mass is 281 g/mol. The Morgan fingerprint density at radius 1 is 1.30 bits per heavy atom. The van der Waals surface area contributed by atoms with E-state index >= 15 is 0 Å². The maximum Gasteiger partial charge on any atom is 0.225 e. The van der Waals surface area contributed by atoms with Gasteiger partial charge in [-0.25, -0.2) is 0 Å². The Balaban J connectivity index is 2.06. The number of carbonyl (C=O) groups excluding carboxylic acids is 2. The van der Waals surface area contributed by atoms with Crippen molar-refractivity contribution in [3.63, 3.8) is 0 Å². The maximum absolute atomic E-state index is 12.6. The number of likely N-dealkylation sites (tertiary alicyclic amines) is 1. The van der Waals surface area contributed by atoms with E-state index in [0.717, 1.165) is 38.6 Å². The molecule has 2 rings (SSSR count). The third-order valence-corrected chi connectivity index (χ3v) is 4.82. The summed E-state index contributed by atoms with van der Waals surface area (Å²) in [4.78, 5) is 26.6. The van der Waals surface area contributed by atoms with E-state index in [1.165, 1.54) is 0 Å². The van der Waals surface area contributed by atoms with Crippen LogP contribution in [0.25, 0.3) is 0 Å². The second-order valence-electron chi connectivity index (χ2n) is 6.76.